The molecule has 0 N–H and O–H groups in total. The van der Waals surface area contributed by atoms with E-state index < -0.39 is 11.6 Å². The van der Waals surface area contributed by atoms with E-state index in [1.165, 1.54) is 37.8 Å². The van der Waals surface area contributed by atoms with Crippen LogP contribution >= 0.6 is 0 Å². The highest BCUT2D eigenvalue weighted by Crippen LogP contribution is 2.31. The van der Waals surface area contributed by atoms with Crippen LogP contribution < -0.4 is 4.74 Å². The molecule has 138 valence electrons. The molecule has 2 rings (SSSR count). The van der Waals surface area contributed by atoms with Crippen LogP contribution in [0.25, 0.3) is 0 Å². The molecule has 0 spiro atoms. The van der Waals surface area contributed by atoms with Crippen LogP contribution in [0.1, 0.15) is 77.2 Å². The summed E-state index contributed by atoms with van der Waals surface area (Å²) in [6.45, 7) is 4.72. The van der Waals surface area contributed by atoms with Gasteiger partial charge in [-0.25, -0.2) is 4.39 Å². The van der Waals surface area contributed by atoms with Crippen molar-refractivity contribution >= 4 is 0 Å². The molecule has 0 aliphatic heterocycles. The van der Waals surface area contributed by atoms with Crippen molar-refractivity contribution in [2.24, 2.45) is 11.8 Å². The SMILES string of the molecule is CCCCCOc1ccc(C#CC2CCC(CCC)CC2)c(F)c1F. The average Bonchev–Trinajstić information content (AvgIpc) is 2.63. The summed E-state index contributed by atoms with van der Waals surface area (Å²) in [5.74, 6) is 5.31. The average molecular weight is 348 g/mol. The second kappa shape index (κ2) is 10.4. The smallest absolute Gasteiger partial charge is 0.201 e. The van der Waals surface area contributed by atoms with Crippen molar-refractivity contribution in [1.29, 1.82) is 0 Å². The second-order valence-electron chi connectivity index (χ2n) is 7.07. The van der Waals surface area contributed by atoms with Crippen molar-refractivity contribution in [3.8, 4) is 17.6 Å². The van der Waals surface area contributed by atoms with Gasteiger partial charge in [-0.2, -0.15) is 4.39 Å². The van der Waals surface area contributed by atoms with Gasteiger partial charge < -0.3 is 4.74 Å². The Morgan fingerprint density at radius 1 is 1.00 bits per heavy atom. The first-order chi connectivity index (χ1) is 12.2. The van der Waals surface area contributed by atoms with Crippen LogP contribution in [0.2, 0.25) is 0 Å². The lowest BCUT2D eigenvalue weighted by Crippen LogP contribution is -2.13. The molecule has 1 nitrogen and oxygen atoms in total. The largest absolute Gasteiger partial charge is 0.490 e. The van der Waals surface area contributed by atoms with E-state index in [4.69, 9.17) is 4.74 Å². The summed E-state index contributed by atoms with van der Waals surface area (Å²) in [4.78, 5) is 0. The zero-order valence-corrected chi connectivity index (χ0v) is 15.5. The Kier molecular flexibility index (Phi) is 8.25. The molecule has 0 saturated heterocycles. The first-order valence-corrected chi connectivity index (χ1v) is 9.78. The first kappa shape index (κ1) is 19.8. The Bertz CT molecular complexity index is 592. The van der Waals surface area contributed by atoms with Gasteiger partial charge in [0.2, 0.25) is 5.82 Å². The van der Waals surface area contributed by atoms with Crippen molar-refractivity contribution in [2.75, 3.05) is 6.61 Å². The first-order valence-electron chi connectivity index (χ1n) is 9.78. The Morgan fingerprint density at radius 2 is 1.76 bits per heavy atom. The third kappa shape index (κ3) is 6.03. The summed E-state index contributed by atoms with van der Waals surface area (Å²) < 4.78 is 33.6. The van der Waals surface area contributed by atoms with Gasteiger partial charge >= 0.3 is 0 Å². The number of ether oxygens (including phenoxy) is 1. The molecule has 1 aromatic rings. The molecule has 0 amide bonds. The van der Waals surface area contributed by atoms with Crippen LogP contribution in [0.15, 0.2) is 12.1 Å². The summed E-state index contributed by atoms with van der Waals surface area (Å²) in [6, 6.07) is 3.02. The van der Waals surface area contributed by atoms with Gasteiger partial charge in [-0.3, -0.25) is 0 Å². The normalized spacial score (nSPS) is 20.0. The molecule has 0 bridgehead atoms. The maximum Gasteiger partial charge on any atom is 0.201 e. The minimum atomic E-state index is -0.921. The number of unbranched alkanes of at least 4 members (excludes halogenated alkanes) is 2. The Balaban J connectivity index is 1.94. The monoisotopic (exact) mass is 348 g/mol. The maximum atomic E-state index is 14.2. The molecule has 0 aromatic heterocycles. The number of halogens is 2. The fourth-order valence-corrected chi connectivity index (χ4v) is 3.46. The fourth-order valence-electron chi connectivity index (χ4n) is 3.46. The van der Waals surface area contributed by atoms with Gasteiger partial charge in [0.15, 0.2) is 11.6 Å². The highest BCUT2D eigenvalue weighted by Gasteiger charge is 2.19. The van der Waals surface area contributed by atoms with E-state index in [0.717, 1.165) is 38.0 Å². The van der Waals surface area contributed by atoms with Crippen molar-refractivity contribution in [3.05, 3.63) is 29.3 Å². The van der Waals surface area contributed by atoms with Crippen molar-refractivity contribution in [2.45, 2.75) is 71.6 Å². The lowest BCUT2D eigenvalue weighted by Gasteiger charge is -2.25. The van der Waals surface area contributed by atoms with E-state index in [1.807, 2.05) is 0 Å². The van der Waals surface area contributed by atoms with Gasteiger partial charge in [0.25, 0.3) is 0 Å². The van der Waals surface area contributed by atoms with E-state index in [1.54, 1.807) is 0 Å². The molecule has 1 fully saturated rings. The quantitative estimate of drug-likeness (QED) is 0.404. The van der Waals surface area contributed by atoms with Crippen LogP contribution in [-0.2, 0) is 0 Å². The zero-order valence-electron chi connectivity index (χ0n) is 15.5. The molecule has 0 unspecified atom stereocenters. The standard InChI is InChI=1S/C22H30F2O/c1-3-5-6-16-25-20-15-14-19(21(23)22(20)24)13-12-18-10-8-17(7-4-2)9-11-18/h14-15,17-18H,3-11,16H2,1-2H3. The number of rotatable bonds is 7. The van der Waals surface area contributed by atoms with E-state index in [2.05, 4.69) is 25.7 Å². The van der Waals surface area contributed by atoms with Crippen LogP contribution in [0.5, 0.6) is 5.75 Å². The molecule has 0 heterocycles. The third-order valence-corrected chi connectivity index (χ3v) is 5.01. The number of hydrogen-bond donors (Lipinski definition) is 0. The maximum absolute atomic E-state index is 14.2. The van der Waals surface area contributed by atoms with E-state index in [9.17, 15) is 8.78 Å². The second-order valence-corrected chi connectivity index (χ2v) is 7.07. The van der Waals surface area contributed by atoms with Crippen LogP contribution in [0.3, 0.4) is 0 Å². The molecule has 0 atom stereocenters. The molecule has 1 aliphatic rings. The zero-order chi connectivity index (χ0) is 18.1. The topological polar surface area (TPSA) is 9.23 Å². The molecular formula is C22H30F2O. The summed E-state index contributed by atoms with van der Waals surface area (Å²) >= 11 is 0. The Hall–Kier alpha value is -1.56. The summed E-state index contributed by atoms with van der Waals surface area (Å²) in [5.41, 5.74) is 0.133. The summed E-state index contributed by atoms with van der Waals surface area (Å²) in [6.07, 6.45) is 10.0. The highest BCUT2D eigenvalue weighted by molar-refractivity contribution is 5.41. The lowest BCUT2D eigenvalue weighted by atomic mass is 9.80. The van der Waals surface area contributed by atoms with E-state index >= 15 is 0 Å². The Morgan fingerprint density at radius 3 is 2.44 bits per heavy atom. The van der Waals surface area contributed by atoms with Gasteiger partial charge in [-0.15, -0.1) is 0 Å². The van der Waals surface area contributed by atoms with E-state index in [-0.39, 0.29) is 11.3 Å². The van der Waals surface area contributed by atoms with Crippen LogP contribution in [0.4, 0.5) is 8.78 Å². The molecule has 3 heteroatoms. The predicted molar refractivity (Wildman–Crippen MR) is 98.6 cm³/mol. The van der Waals surface area contributed by atoms with Crippen LogP contribution in [-0.4, -0.2) is 6.61 Å². The predicted octanol–water partition coefficient (Wildman–Crippen LogP) is 6.49. The van der Waals surface area contributed by atoms with Crippen molar-refractivity contribution < 1.29 is 13.5 Å². The minimum Gasteiger partial charge on any atom is -0.490 e. The Labute approximate surface area is 151 Å². The van der Waals surface area contributed by atoms with Gasteiger partial charge in [0.1, 0.15) is 0 Å². The lowest BCUT2D eigenvalue weighted by molar-refractivity contribution is 0.286. The third-order valence-electron chi connectivity index (χ3n) is 5.01. The van der Waals surface area contributed by atoms with Gasteiger partial charge in [0, 0.05) is 5.92 Å². The van der Waals surface area contributed by atoms with Gasteiger partial charge in [0.05, 0.1) is 12.2 Å². The number of benzene rings is 1. The van der Waals surface area contributed by atoms with Gasteiger partial charge in [-0.1, -0.05) is 51.4 Å². The minimum absolute atomic E-state index is 0.0146. The molecular weight excluding hydrogens is 318 g/mol. The molecule has 25 heavy (non-hydrogen) atoms. The van der Waals surface area contributed by atoms with Crippen molar-refractivity contribution in [1.82, 2.24) is 0 Å². The molecule has 1 aromatic carbocycles. The summed E-state index contributed by atoms with van der Waals surface area (Å²) in [5, 5.41) is 0. The van der Waals surface area contributed by atoms with E-state index in [0.29, 0.717) is 12.5 Å². The molecule has 1 aliphatic carbocycles. The van der Waals surface area contributed by atoms with Crippen molar-refractivity contribution in [3.63, 3.8) is 0 Å². The number of hydrogen-bond acceptors (Lipinski definition) is 1. The fraction of sp³-hybridized carbons (Fsp3) is 0.636. The van der Waals surface area contributed by atoms with Crippen LogP contribution in [0, 0.1) is 35.3 Å². The molecule has 0 radical (unpaired) electrons. The molecule has 1 saturated carbocycles. The van der Waals surface area contributed by atoms with Gasteiger partial charge in [-0.05, 0) is 50.2 Å². The summed E-state index contributed by atoms with van der Waals surface area (Å²) in [7, 11) is 0. The highest BCUT2D eigenvalue weighted by atomic mass is 19.2.